The van der Waals surface area contributed by atoms with Gasteiger partial charge in [-0.25, -0.2) is 0 Å². The first-order valence-corrected chi connectivity index (χ1v) is 6.51. The van der Waals surface area contributed by atoms with Crippen molar-refractivity contribution in [3.05, 3.63) is 34.9 Å². The van der Waals surface area contributed by atoms with Gasteiger partial charge in [0.2, 0.25) is 0 Å². The fourth-order valence-electron chi connectivity index (χ4n) is 1.54. The zero-order chi connectivity index (χ0) is 14.1. The molecule has 1 aromatic carbocycles. The van der Waals surface area contributed by atoms with Crippen LogP contribution in [0.2, 0.25) is 0 Å². The zero-order valence-corrected chi connectivity index (χ0v) is 10.9. The predicted octanol–water partition coefficient (Wildman–Crippen LogP) is 3.23. The van der Waals surface area contributed by atoms with Gasteiger partial charge in [-0.2, -0.15) is 21.6 Å². The van der Waals surface area contributed by atoms with Crippen molar-refractivity contribution in [1.82, 2.24) is 0 Å². The molecule has 0 bridgehead atoms. The van der Waals surface area contributed by atoms with E-state index in [9.17, 15) is 21.6 Å². The minimum atomic E-state index is -5.57. The second-order valence-corrected chi connectivity index (χ2v) is 5.62. The molecule has 0 saturated carbocycles. The molecule has 0 aliphatic rings. The van der Waals surface area contributed by atoms with E-state index in [2.05, 4.69) is 4.18 Å². The van der Waals surface area contributed by atoms with Gasteiger partial charge in [0, 0.05) is 0 Å². The summed E-state index contributed by atoms with van der Waals surface area (Å²) in [7, 11) is -5.57. The largest absolute Gasteiger partial charge is 0.523 e. The Balaban J connectivity index is 3.00. The number of hydrogen-bond donors (Lipinski definition) is 0. The van der Waals surface area contributed by atoms with Crippen LogP contribution in [0.3, 0.4) is 0 Å². The van der Waals surface area contributed by atoms with Crippen LogP contribution in [0.15, 0.2) is 18.2 Å². The van der Waals surface area contributed by atoms with Crippen molar-refractivity contribution in [2.75, 3.05) is 0 Å². The van der Waals surface area contributed by atoms with E-state index in [-0.39, 0.29) is 0 Å². The smallest absolute Gasteiger partial charge is 0.255 e. The minimum Gasteiger partial charge on any atom is -0.255 e. The molecular formula is C11H13F3O3S. The molecular weight excluding hydrogens is 269 g/mol. The van der Waals surface area contributed by atoms with E-state index in [1.54, 1.807) is 26.0 Å². The summed E-state index contributed by atoms with van der Waals surface area (Å²) in [6.45, 7) is 4.79. The zero-order valence-electron chi connectivity index (χ0n) is 10.1. The molecule has 1 aromatic rings. The topological polar surface area (TPSA) is 43.4 Å². The summed E-state index contributed by atoms with van der Waals surface area (Å²) in [6.07, 6.45) is -1.18. The molecule has 0 aromatic heterocycles. The van der Waals surface area contributed by atoms with Gasteiger partial charge in [-0.05, 0) is 26.3 Å². The Bertz CT molecular complexity index is 515. The quantitative estimate of drug-likeness (QED) is 0.631. The Hall–Kier alpha value is -1.08. The van der Waals surface area contributed by atoms with Gasteiger partial charge in [0.25, 0.3) is 0 Å². The van der Waals surface area contributed by atoms with Gasteiger partial charge >= 0.3 is 15.6 Å². The van der Waals surface area contributed by atoms with Crippen LogP contribution in [-0.4, -0.2) is 13.9 Å². The third kappa shape index (κ3) is 3.46. The number of hydrogen-bond acceptors (Lipinski definition) is 3. The SMILES string of the molecule is Cc1cc(C)cc(C(C)OS(=O)(=O)C(F)(F)F)c1. The Morgan fingerprint density at radius 1 is 1.11 bits per heavy atom. The normalized spacial score (nSPS) is 14.6. The van der Waals surface area contributed by atoms with E-state index in [1.165, 1.54) is 6.92 Å². The van der Waals surface area contributed by atoms with E-state index in [0.29, 0.717) is 5.56 Å². The number of halogens is 3. The lowest BCUT2D eigenvalue weighted by atomic mass is 10.0. The van der Waals surface area contributed by atoms with Gasteiger partial charge in [0.05, 0.1) is 6.10 Å². The van der Waals surface area contributed by atoms with Crippen molar-refractivity contribution >= 4 is 10.1 Å². The molecule has 3 nitrogen and oxygen atoms in total. The van der Waals surface area contributed by atoms with Gasteiger partial charge in [0.15, 0.2) is 0 Å². The number of benzene rings is 1. The fraction of sp³-hybridized carbons (Fsp3) is 0.455. The standard InChI is InChI=1S/C11H13F3O3S/c1-7-4-8(2)6-10(5-7)9(3)17-18(15,16)11(12,13)14/h4-6,9H,1-3H3. The molecule has 0 aliphatic heterocycles. The van der Waals surface area contributed by atoms with Crippen LogP contribution < -0.4 is 0 Å². The van der Waals surface area contributed by atoms with Crippen molar-refractivity contribution in [3.8, 4) is 0 Å². The minimum absolute atomic E-state index is 0.389. The summed E-state index contributed by atoms with van der Waals surface area (Å²) in [5.74, 6) is 0. The highest BCUT2D eigenvalue weighted by Crippen LogP contribution is 2.30. The second-order valence-electron chi connectivity index (χ2n) is 4.06. The van der Waals surface area contributed by atoms with Crippen LogP contribution in [0.25, 0.3) is 0 Å². The van der Waals surface area contributed by atoms with Crippen LogP contribution in [0.4, 0.5) is 13.2 Å². The lowest BCUT2D eigenvalue weighted by molar-refractivity contribution is -0.0569. The van der Waals surface area contributed by atoms with Crippen LogP contribution >= 0.6 is 0 Å². The van der Waals surface area contributed by atoms with Crippen LogP contribution in [0.5, 0.6) is 0 Å². The van der Waals surface area contributed by atoms with E-state index in [1.807, 2.05) is 6.07 Å². The van der Waals surface area contributed by atoms with Gasteiger partial charge in [-0.3, -0.25) is 4.18 Å². The highest BCUT2D eigenvalue weighted by molar-refractivity contribution is 7.87. The molecule has 0 fully saturated rings. The third-order valence-electron chi connectivity index (χ3n) is 2.27. The number of rotatable bonds is 3. The Morgan fingerprint density at radius 2 is 1.56 bits per heavy atom. The lowest BCUT2D eigenvalue weighted by Crippen LogP contribution is -2.26. The Labute approximate surface area is 104 Å². The predicted molar refractivity (Wildman–Crippen MR) is 60.4 cm³/mol. The average Bonchev–Trinajstić information content (AvgIpc) is 2.13. The number of alkyl halides is 3. The molecule has 18 heavy (non-hydrogen) atoms. The Kier molecular flexibility index (Phi) is 4.07. The summed E-state index contributed by atoms with van der Waals surface area (Å²) in [6, 6.07) is 5.00. The molecule has 0 amide bonds. The lowest BCUT2D eigenvalue weighted by Gasteiger charge is -2.15. The molecule has 0 spiro atoms. The van der Waals surface area contributed by atoms with E-state index in [0.717, 1.165) is 11.1 Å². The molecule has 1 unspecified atom stereocenters. The molecule has 0 N–H and O–H groups in total. The van der Waals surface area contributed by atoms with Crippen molar-refractivity contribution in [3.63, 3.8) is 0 Å². The average molecular weight is 282 g/mol. The summed E-state index contributed by atoms with van der Waals surface area (Å²) in [5.41, 5.74) is -3.37. The highest BCUT2D eigenvalue weighted by Gasteiger charge is 2.48. The van der Waals surface area contributed by atoms with Crippen LogP contribution in [-0.2, 0) is 14.3 Å². The molecule has 0 heterocycles. The molecule has 1 rings (SSSR count). The van der Waals surface area contributed by atoms with Crippen molar-refractivity contribution in [2.24, 2.45) is 0 Å². The maximum Gasteiger partial charge on any atom is 0.523 e. The van der Waals surface area contributed by atoms with Gasteiger partial charge < -0.3 is 0 Å². The molecule has 1 atom stereocenters. The molecule has 0 aliphatic carbocycles. The third-order valence-corrected chi connectivity index (χ3v) is 3.38. The van der Waals surface area contributed by atoms with Gasteiger partial charge in [-0.15, -0.1) is 0 Å². The van der Waals surface area contributed by atoms with Crippen LogP contribution in [0, 0.1) is 13.8 Å². The summed E-state index contributed by atoms with van der Waals surface area (Å²) < 4.78 is 62.3. The Morgan fingerprint density at radius 3 is 1.94 bits per heavy atom. The number of aryl methyl sites for hydroxylation is 2. The highest BCUT2D eigenvalue weighted by atomic mass is 32.2. The van der Waals surface area contributed by atoms with Crippen molar-refractivity contribution in [1.29, 1.82) is 0 Å². The van der Waals surface area contributed by atoms with E-state index in [4.69, 9.17) is 0 Å². The fourth-order valence-corrected chi connectivity index (χ4v) is 2.14. The van der Waals surface area contributed by atoms with Gasteiger partial charge in [0.1, 0.15) is 0 Å². The van der Waals surface area contributed by atoms with Crippen molar-refractivity contribution in [2.45, 2.75) is 32.4 Å². The summed E-state index contributed by atoms with van der Waals surface area (Å²) >= 11 is 0. The van der Waals surface area contributed by atoms with Crippen molar-refractivity contribution < 1.29 is 25.8 Å². The molecule has 0 radical (unpaired) electrons. The first-order chi connectivity index (χ1) is 8.03. The van der Waals surface area contributed by atoms with Gasteiger partial charge in [-0.1, -0.05) is 29.3 Å². The molecule has 0 saturated heterocycles. The molecule has 7 heteroatoms. The monoisotopic (exact) mass is 282 g/mol. The second kappa shape index (κ2) is 4.89. The first-order valence-electron chi connectivity index (χ1n) is 5.10. The molecule has 102 valence electrons. The maximum atomic E-state index is 12.2. The summed E-state index contributed by atoms with van der Waals surface area (Å²) in [5, 5.41) is 0. The first kappa shape index (κ1) is 15.0. The van der Waals surface area contributed by atoms with E-state index < -0.39 is 21.7 Å². The summed E-state index contributed by atoms with van der Waals surface area (Å²) in [4.78, 5) is 0. The van der Waals surface area contributed by atoms with Crippen LogP contribution in [0.1, 0.15) is 29.7 Å². The maximum absolute atomic E-state index is 12.2. The van der Waals surface area contributed by atoms with E-state index >= 15 is 0 Å².